The van der Waals surface area contributed by atoms with Gasteiger partial charge in [-0.15, -0.1) is 0 Å². The molecule has 2 saturated heterocycles. The summed E-state index contributed by atoms with van der Waals surface area (Å²) in [6.45, 7) is 3.64. The number of rotatable bonds is 23. The molecule has 0 radical (unpaired) electrons. The molecule has 0 aromatic heterocycles. The molecule has 12 N–H and O–H groups in total. The number of hydroxylamine groups is 1. The number of guanidine groups is 2. The molecular weight excluding hydrogens is 1100 g/mol. The van der Waals surface area contributed by atoms with Crippen LogP contribution in [-0.4, -0.2) is 129 Å². The van der Waals surface area contributed by atoms with Gasteiger partial charge in [0.15, 0.2) is 5.96 Å². The summed E-state index contributed by atoms with van der Waals surface area (Å²) in [5, 5.41) is 34.8. The molecular formula is C70H80N12O6. The van der Waals surface area contributed by atoms with Crippen molar-refractivity contribution in [2.24, 2.45) is 11.5 Å². The van der Waals surface area contributed by atoms with Crippen molar-refractivity contribution in [1.29, 1.82) is 10.8 Å². The number of fused-ring (bicyclic) bond motifs is 2. The van der Waals surface area contributed by atoms with Crippen LogP contribution in [-0.2, 0) is 14.4 Å². The maximum atomic E-state index is 14.0. The van der Waals surface area contributed by atoms with Gasteiger partial charge in [0, 0.05) is 80.9 Å². The third kappa shape index (κ3) is 17.7. The zero-order chi connectivity index (χ0) is 61.6. The van der Waals surface area contributed by atoms with E-state index in [-0.39, 0.29) is 66.1 Å². The summed E-state index contributed by atoms with van der Waals surface area (Å²) < 4.78 is 5.31. The minimum Gasteiger partial charge on any atom is -0.497 e. The third-order valence-electron chi connectivity index (χ3n) is 16.2. The molecule has 2 heterocycles. The second kappa shape index (κ2) is 31.7. The average molecular weight is 1190 g/mol. The average Bonchev–Trinajstić information content (AvgIpc) is 3.66. The van der Waals surface area contributed by atoms with Gasteiger partial charge in [-0.1, -0.05) is 164 Å². The van der Waals surface area contributed by atoms with Gasteiger partial charge < -0.3 is 52.6 Å². The highest BCUT2D eigenvalue weighted by Gasteiger charge is 2.35. The van der Waals surface area contributed by atoms with Gasteiger partial charge in [0.25, 0.3) is 11.8 Å². The van der Waals surface area contributed by atoms with Crippen molar-refractivity contribution in [3.63, 3.8) is 0 Å². The van der Waals surface area contributed by atoms with E-state index in [1.807, 2.05) is 161 Å². The van der Waals surface area contributed by atoms with Gasteiger partial charge >= 0.3 is 0 Å². The fourth-order valence-corrected chi connectivity index (χ4v) is 11.5. The fraction of sp³-hybridized carbons (Fsp3) is 0.286. The third-order valence-corrected chi connectivity index (χ3v) is 16.2. The first-order chi connectivity index (χ1) is 42.9. The minimum atomic E-state index is -0.536. The summed E-state index contributed by atoms with van der Waals surface area (Å²) in [4.78, 5) is 63.4. The quantitative estimate of drug-likeness (QED) is 0.0126. The first kappa shape index (κ1) is 62.9. The van der Waals surface area contributed by atoms with Crippen LogP contribution in [0.25, 0.3) is 21.5 Å². The Balaban J connectivity index is 0.000000210. The van der Waals surface area contributed by atoms with E-state index in [1.165, 1.54) is 0 Å². The molecule has 0 bridgehead atoms. The van der Waals surface area contributed by atoms with Crippen molar-refractivity contribution in [3.05, 3.63) is 234 Å². The number of hydrogen-bond acceptors (Lipinski definition) is 10. The predicted octanol–water partition coefficient (Wildman–Crippen LogP) is 8.00. The van der Waals surface area contributed by atoms with Gasteiger partial charge in [-0.3, -0.25) is 34.8 Å². The van der Waals surface area contributed by atoms with Crippen molar-refractivity contribution in [2.45, 2.75) is 68.1 Å². The van der Waals surface area contributed by atoms with Crippen LogP contribution in [0.5, 0.6) is 5.75 Å². The molecule has 4 atom stereocenters. The molecule has 0 spiro atoms. The Kier molecular flexibility index (Phi) is 22.6. The second-order valence-electron chi connectivity index (χ2n) is 22.3. The van der Waals surface area contributed by atoms with Crippen LogP contribution in [0.15, 0.2) is 200 Å². The van der Waals surface area contributed by atoms with Gasteiger partial charge in [0.05, 0.1) is 25.8 Å². The number of carbonyl (C=O) groups is 4. The predicted molar refractivity (Wildman–Crippen MR) is 347 cm³/mol. The van der Waals surface area contributed by atoms with Crippen molar-refractivity contribution >= 4 is 57.1 Å². The SMILES string of the molecule is COc1ccc2cc(C(=O)NC[C@@H]3CCN(CC(c4ccccc4)c4ccccc4)C(=O)[C@H](CCCNC(=N)N)N3)ccc2c1.N=C(N)NOCC[C@@H]1N[C@H](CNC(=O)c2ccc3ccccc3c2)CCN(CC(c2ccccc2)c2ccccc2)C1=O. The van der Waals surface area contributed by atoms with Crippen LogP contribution >= 0.6 is 0 Å². The van der Waals surface area contributed by atoms with E-state index >= 15 is 0 Å². The number of nitrogens with one attached hydrogen (secondary N) is 8. The summed E-state index contributed by atoms with van der Waals surface area (Å²) in [6.07, 6.45) is 2.98. The van der Waals surface area contributed by atoms with Crippen molar-refractivity contribution in [2.75, 3.05) is 59.5 Å². The topological polar surface area (TPSA) is 265 Å². The number of amides is 4. The van der Waals surface area contributed by atoms with Crippen molar-refractivity contribution in [3.8, 4) is 5.75 Å². The Bertz CT molecular complexity index is 3520. The number of hydrogen-bond donors (Lipinski definition) is 10. The molecule has 456 valence electrons. The van der Waals surface area contributed by atoms with Crippen molar-refractivity contribution < 1.29 is 28.8 Å². The molecule has 18 heteroatoms. The number of nitrogens with two attached hydrogens (primary N) is 2. The molecule has 0 unspecified atom stereocenters. The first-order valence-electron chi connectivity index (χ1n) is 30.1. The smallest absolute Gasteiger partial charge is 0.251 e. The normalized spacial score (nSPS) is 16.9. The highest BCUT2D eigenvalue weighted by atomic mass is 16.6. The Morgan fingerprint density at radius 1 is 0.534 bits per heavy atom. The maximum absolute atomic E-state index is 14.0. The van der Waals surface area contributed by atoms with Gasteiger partial charge in [0.2, 0.25) is 17.8 Å². The van der Waals surface area contributed by atoms with E-state index in [0.717, 1.165) is 49.5 Å². The summed E-state index contributed by atoms with van der Waals surface area (Å²) >= 11 is 0. The van der Waals surface area contributed by atoms with Gasteiger partial charge in [-0.05, 0) is 112 Å². The fourth-order valence-electron chi connectivity index (χ4n) is 11.5. The molecule has 10 rings (SSSR count). The number of carbonyl (C=O) groups excluding carboxylic acids is 4. The maximum Gasteiger partial charge on any atom is 0.251 e. The van der Waals surface area contributed by atoms with Crippen LogP contribution < -0.4 is 48.3 Å². The molecule has 8 aromatic carbocycles. The second-order valence-corrected chi connectivity index (χ2v) is 22.3. The molecule has 0 saturated carbocycles. The molecule has 2 aliphatic heterocycles. The molecule has 8 aromatic rings. The molecule has 18 nitrogen and oxygen atoms in total. The Morgan fingerprint density at radius 3 is 1.42 bits per heavy atom. The van der Waals surface area contributed by atoms with E-state index in [0.29, 0.717) is 89.0 Å². The van der Waals surface area contributed by atoms with E-state index in [1.54, 1.807) is 7.11 Å². The lowest BCUT2D eigenvalue weighted by Crippen LogP contribution is -2.49. The summed E-state index contributed by atoms with van der Waals surface area (Å²) in [7, 11) is 1.63. The largest absolute Gasteiger partial charge is 0.497 e. The number of nitrogens with zero attached hydrogens (tertiary/aromatic N) is 2. The summed E-state index contributed by atoms with van der Waals surface area (Å²) in [5.41, 5.74) is 18.9. The molecule has 88 heavy (non-hydrogen) atoms. The molecule has 4 amide bonds. The standard InChI is InChI=1S/C36H42N6O3.C34H38N6O3/c1-45-31-17-16-27-21-29(15-14-28(27)22-31)34(43)40-23-30-18-20-42(35(44)33(41-30)13-8-19-39-36(37)38)24-32(25-9-4-2-5-10-25)26-11-6-3-7-12-26;35-34(36)39-43-20-18-31-33(42)40(23-30(25-10-3-1-4-11-25)26-12-5-2-6-13-26)19-17-29(38-31)22-37-32(41)28-16-15-24-9-7-8-14-27(24)21-28/h2-7,9-12,14-17,21-22,30,32-33,41H,8,13,18-20,23-24H2,1H3,(H,40,43)(H4,37,38,39);1-16,21,29-31,38H,17-20,22-23H2,(H,37,41)(H4,35,36,39)/t30-,33-;29-,31-/m00/s1. The molecule has 2 aliphatic rings. The van der Waals surface area contributed by atoms with Crippen LogP contribution in [0.3, 0.4) is 0 Å². The van der Waals surface area contributed by atoms with E-state index in [4.69, 9.17) is 31.9 Å². The lowest BCUT2D eigenvalue weighted by molar-refractivity contribution is -0.134. The van der Waals surface area contributed by atoms with E-state index in [2.05, 4.69) is 80.6 Å². The van der Waals surface area contributed by atoms with Gasteiger partial charge in [0.1, 0.15) is 5.75 Å². The lowest BCUT2D eigenvalue weighted by atomic mass is 9.90. The highest BCUT2D eigenvalue weighted by Crippen LogP contribution is 2.30. The number of methoxy groups -OCH3 is 1. The zero-order valence-corrected chi connectivity index (χ0v) is 49.7. The zero-order valence-electron chi connectivity index (χ0n) is 49.7. The number of ether oxygens (including phenoxy) is 1. The number of benzene rings is 8. The van der Waals surface area contributed by atoms with Crippen LogP contribution in [0.4, 0.5) is 0 Å². The van der Waals surface area contributed by atoms with Crippen molar-refractivity contribution in [1.82, 2.24) is 41.9 Å². The van der Waals surface area contributed by atoms with Crippen LogP contribution in [0, 0.1) is 10.8 Å². The van der Waals surface area contributed by atoms with Gasteiger partial charge in [-0.25, -0.2) is 5.48 Å². The van der Waals surface area contributed by atoms with Crippen LogP contribution in [0.2, 0.25) is 0 Å². The Hall–Kier alpha value is -9.62. The summed E-state index contributed by atoms with van der Waals surface area (Å²) in [6, 6.07) is 64.9. The lowest BCUT2D eigenvalue weighted by Gasteiger charge is -2.29. The monoisotopic (exact) mass is 1180 g/mol. The Labute approximate surface area is 514 Å². The first-order valence-corrected chi connectivity index (χ1v) is 30.1. The van der Waals surface area contributed by atoms with Crippen LogP contribution in [0.1, 0.15) is 86.9 Å². The summed E-state index contributed by atoms with van der Waals surface area (Å²) in [5.74, 6) is 0.139. The van der Waals surface area contributed by atoms with E-state index < -0.39 is 12.1 Å². The minimum absolute atomic E-state index is 0.00628. The van der Waals surface area contributed by atoms with Gasteiger partial charge in [-0.2, -0.15) is 0 Å². The molecule has 2 fully saturated rings. The Morgan fingerprint density at radius 2 is 0.955 bits per heavy atom. The highest BCUT2D eigenvalue weighted by molar-refractivity contribution is 5.99. The molecule has 0 aliphatic carbocycles. The van der Waals surface area contributed by atoms with E-state index in [9.17, 15) is 19.2 Å².